The Labute approximate surface area is 88.7 Å². The Hall–Kier alpha value is -1.00. The molecular formula is C11H16F2N2. The molecule has 0 spiro atoms. The highest BCUT2D eigenvalue weighted by Gasteiger charge is 2.13. The van der Waals surface area contributed by atoms with E-state index in [0.29, 0.717) is 5.56 Å². The lowest BCUT2D eigenvalue weighted by atomic mass is 10.0. The van der Waals surface area contributed by atoms with Crippen LogP contribution in [0.4, 0.5) is 8.78 Å². The minimum Gasteiger partial charge on any atom is -0.320 e. The van der Waals surface area contributed by atoms with Crippen molar-refractivity contribution in [1.29, 1.82) is 0 Å². The van der Waals surface area contributed by atoms with E-state index in [4.69, 9.17) is 0 Å². The van der Waals surface area contributed by atoms with Crippen molar-refractivity contribution in [2.75, 3.05) is 20.6 Å². The minimum atomic E-state index is -0.542. The lowest BCUT2D eigenvalue weighted by Crippen LogP contribution is -2.22. The van der Waals surface area contributed by atoms with Gasteiger partial charge in [0.25, 0.3) is 0 Å². The predicted octanol–water partition coefficient (Wildman–Crippen LogP) is 1.83. The summed E-state index contributed by atoms with van der Waals surface area (Å²) >= 11 is 0. The molecule has 0 bridgehead atoms. The van der Waals surface area contributed by atoms with Crippen LogP contribution in [-0.4, -0.2) is 20.6 Å². The summed E-state index contributed by atoms with van der Waals surface area (Å²) in [6.45, 7) is 0.780. The van der Waals surface area contributed by atoms with Gasteiger partial charge in [0, 0.05) is 17.7 Å². The van der Waals surface area contributed by atoms with Crippen LogP contribution in [0.25, 0.3) is 0 Å². The summed E-state index contributed by atoms with van der Waals surface area (Å²) < 4.78 is 26.1. The zero-order valence-corrected chi connectivity index (χ0v) is 8.98. The van der Waals surface area contributed by atoms with Gasteiger partial charge in [-0.25, -0.2) is 8.78 Å². The molecule has 0 aliphatic carbocycles. The fourth-order valence-corrected chi connectivity index (χ4v) is 1.53. The van der Waals surface area contributed by atoms with Gasteiger partial charge in [0.15, 0.2) is 0 Å². The monoisotopic (exact) mass is 214 g/mol. The summed E-state index contributed by atoms with van der Waals surface area (Å²) in [6, 6.07) is 3.60. The smallest absolute Gasteiger partial charge is 0.130 e. The highest BCUT2D eigenvalue weighted by Crippen LogP contribution is 2.20. The Morgan fingerprint density at radius 3 is 2.53 bits per heavy atom. The highest BCUT2D eigenvalue weighted by atomic mass is 19.1. The fourth-order valence-electron chi connectivity index (χ4n) is 1.53. The van der Waals surface area contributed by atoms with Gasteiger partial charge in [-0.2, -0.15) is 0 Å². The molecule has 2 N–H and O–H groups in total. The van der Waals surface area contributed by atoms with Gasteiger partial charge in [0.2, 0.25) is 0 Å². The standard InChI is InChI=1S/C11H16F2N2/c1-14-6-5-11(15-2)9-4-3-8(12)7-10(9)13/h3-4,7,11,14-15H,5-6H2,1-2H3. The molecule has 1 rings (SSSR count). The largest absolute Gasteiger partial charge is 0.320 e. The van der Waals surface area contributed by atoms with E-state index in [-0.39, 0.29) is 6.04 Å². The number of hydrogen-bond donors (Lipinski definition) is 2. The number of rotatable bonds is 5. The average Bonchev–Trinajstić information content (AvgIpc) is 2.21. The second-order valence-electron chi connectivity index (χ2n) is 3.40. The van der Waals surface area contributed by atoms with Crippen molar-refractivity contribution >= 4 is 0 Å². The van der Waals surface area contributed by atoms with E-state index in [2.05, 4.69) is 10.6 Å². The minimum absolute atomic E-state index is 0.0851. The molecule has 0 aliphatic rings. The van der Waals surface area contributed by atoms with Gasteiger partial charge in [0.05, 0.1) is 0 Å². The summed E-state index contributed by atoms with van der Waals surface area (Å²) in [5.74, 6) is -1.04. The molecule has 1 atom stereocenters. The molecule has 1 aromatic rings. The topological polar surface area (TPSA) is 24.1 Å². The molecule has 0 radical (unpaired) electrons. The summed E-state index contributed by atoms with van der Waals surface area (Å²) in [5.41, 5.74) is 0.508. The van der Waals surface area contributed by atoms with Crippen molar-refractivity contribution in [3.05, 3.63) is 35.4 Å². The van der Waals surface area contributed by atoms with E-state index < -0.39 is 11.6 Å². The van der Waals surface area contributed by atoms with Crippen LogP contribution in [0.3, 0.4) is 0 Å². The molecule has 0 heterocycles. The highest BCUT2D eigenvalue weighted by molar-refractivity contribution is 5.22. The maximum Gasteiger partial charge on any atom is 0.130 e. The normalized spacial score (nSPS) is 12.8. The maximum absolute atomic E-state index is 13.4. The molecule has 0 amide bonds. The molecule has 2 nitrogen and oxygen atoms in total. The third-order valence-corrected chi connectivity index (χ3v) is 2.37. The quantitative estimate of drug-likeness (QED) is 0.781. The summed E-state index contributed by atoms with van der Waals surface area (Å²) in [6.07, 6.45) is 0.759. The van der Waals surface area contributed by atoms with Crippen molar-refractivity contribution in [1.82, 2.24) is 10.6 Å². The Morgan fingerprint density at radius 1 is 1.27 bits per heavy atom. The second-order valence-corrected chi connectivity index (χ2v) is 3.40. The second kappa shape index (κ2) is 5.78. The molecule has 0 aromatic heterocycles. The van der Waals surface area contributed by atoms with Gasteiger partial charge >= 0.3 is 0 Å². The first-order chi connectivity index (χ1) is 7.19. The molecule has 84 valence electrons. The first-order valence-electron chi connectivity index (χ1n) is 4.96. The molecule has 1 aromatic carbocycles. The van der Waals surface area contributed by atoms with Crippen molar-refractivity contribution in [3.8, 4) is 0 Å². The summed E-state index contributed by atoms with van der Waals surface area (Å²) in [4.78, 5) is 0. The number of halogens is 2. The zero-order valence-electron chi connectivity index (χ0n) is 8.98. The Balaban J connectivity index is 2.81. The zero-order chi connectivity index (χ0) is 11.3. The van der Waals surface area contributed by atoms with E-state index in [0.717, 1.165) is 19.0 Å². The van der Waals surface area contributed by atoms with Crippen molar-refractivity contribution < 1.29 is 8.78 Å². The van der Waals surface area contributed by atoms with E-state index in [9.17, 15) is 8.78 Å². The number of nitrogens with one attached hydrogen (secondary N) is 2. The van der Waals surface area contributed by atoms with E-state index in [1.807, 2.05) is 7.05 Å². The van der Waals surface area contributed by atoms with Crippen molar-refractivity contribution in [2.45, 2.75) is 12.5 Å². The van der Waals surface area contributed by atoms with Crippen LogP contribution >= 0.6 is 0 Å². The third-order valence-electron chi connectivity index (χ3n) is 2.37. The molecule has 0 fully saturated rings. The molecule has 0 aliphatic heterocycles. The van der Waals surface area contributed by atoms with Crippen LogP contribution in [0.2, 0.25) is 0 Å². The molecular weight excluding hydrogens is 198 g/mol. The van der Waals surface area contributed by atoms with E-state index in [1.165, 1.54) is 12.1 Å². The predicted molar refractivity (Wildman–Crippen MR) is 56.7 cm³/mol. The van der Waals surface area contributed by atoms with Crippen molar-refractivity contribution in [3.63, 3.8) is 0 Å². The summed E-state index contributed by atoms with van der Waals surface area (Å²) in [5, 5.41) is 6.01. The fraction of sp³-hybridized carbons (Fsp3) is 0.455. The van der Waals surface area contributed by atoms with Crippen LogP contribution < -0.4 is 10.6 Å². The Kier molecular flexibility index (Phi) is 4.65. The van der Waals surface area contributed by atoms with Crippen LogP contribution in [0, 0.1) is 11.6 Å². The van der Waals surface area contributed by atoms with Gasteiger partial charge in [-0.15, -0.1) is 0 Å². The van der Waals surface area contributed by atoms with Crippen LogP contribution in [-0.2, 0) is 0 Å². The SMILES string of the molecule is CNCCC(NC)c1ccc(F)cc1F. The molecule has 0 saturated heterocycles. The Morgan fingerprint density at radius 2 is 2.00 bits per heavy atom. The number of hydrogen-bond acceptors (Lipinski definition) is 2. The lowest BCUT2D eigenvalue weighted by molar-refractivity contribution is 0.493. The van der Waals surface area contributed by atoms with Crippen LogP contribution in [0.5, 0.6) is 0 Å². The van der Waals surface area contributed by atoms with E-state index in [1.54, 1.807) is 7.05 Å². The third kappa shape index (κ3) is 3.25. The Bertz CT molecular complexity index is 315. The molecule has 4 heteroatoms. The van der Waals surface area contributed by atoms with Gasteiger partial charge in [-0.05, 0) is 33.1 Å². The first kappa shape index (κ1) is 12.1. The van der Waals surface area contributed by atoms with Crippen molar-refractivity contribution in [2.24, 2.45) is 0 Å². The van der Waals surface area contributed by atoms with Crippen LogP contribution in [0.1, 0.15) is 18.0 Å². The maximum atomic E-state index is 13.4. The van der Waals surface area contributed by atoms with Gasteiger partial charge < -0.3 is 10.6 Å². The molecule has 0 saturated carbocycles. The molecule has 1 unspecified atom stereocenters. The average molecular weight is 214 g/mol. The lowest BCUT2D eigenvalue weighted by Gasteiger charge is -2.17. The van der Waals surface area contributed by atoms with Crippen LogP contribution in [0.15, 0.2) is 18.2 Å². The molecule has 15 heavy (non-hydrogen) atoms. The first-order valence-corrected chi connectivity index (χ1v) is 4.96. The van der Waals surface area contributed by atoms with Gasteiger partial charge in [0.1, 0.15) is 11.6 Å². The number of benzene rings is 1. The van der Waals surface area contributed by atoms with Gasteiger partial charge in [-0.1, -0.05) is 6.07 Å². The van der Waals surface area contributed by atoms with Gasteiger partial charge in [-0.3, -0.25) is 0 Å². The van der Waals surface area contributed by atoms with E-state index >= 15 is 0 Å². The summed E-state index contributed by atoms with van der Waals surface area (Å²) in [7, 11) is 3.61.